The molecule has 1 aromatic heterocycles. The van der Waals surface area contributed by atoms with Crippen LogP contribution in [0.5, 0.6) is 0 Å². The lowest BCUT2D eigenvalue weighted by Crippen LogP contribution is -2.19. The number of hydrogen-bond acceptors (Lipinski definition) is 5. The van der Waals surface area contributed by atoms with E-state index in [1.807, 2.05) is 0 Å². The molecule has 1 aromatic carbocycles. The van der Waals surface area contributed by atoms with Crippen molar-refractivity contribution in [2.24, 2.45) is 5.16 Å². The molecule has 0 bridgehead atoms. The first-order valence-electron chi connectivity index (χ1n) is 5.67. The summed E-state index contributed by atoms with van der Waals surface area (Å²) in [6.07, 6.45) is 0. The lowest BCUT2D eigenvalue weighted by molar-refractivity contribution is 0.262. The molecule has 0 radical (unpaired) electrons. The number of anilines is 2. The Morgan fingerprint density at radius 2 is 2.10 bits per heavy atom. The molecule has 2 aromatic rings. The first-order chi connectivity index (χ1) is 9.99. The number of thiazole rings is 1. The molecule has 0 aliphatic rings. The van der Waals surface area contributed by atoms with Gasteiger partial charge in [-0.2, -0.15) is 0 Å². The number of amides is 2. The highest BCUT2D eigenvalue weighted by Gasteiger charge is 2.09. The fourth-order valence-corrected chi connectivity index (χ4v) is 2.43. The van der Waals surface area contributed by atoms with E-state index in [0.717, 1.165) is 0 Å². The van der Waals surface area contributed by atoms with Crippen molar-refractivity contribution in [3.8, 4) is 0 Å². The van der Waals surface area contributed by atoms with Crippen LogP contribution in [-0.4, -0.2) is 21.9 Å². The van der Waals surface area contributed by atoms with Crippen molar-refractivity contribution in [2.45, 2.75) is 6.92 Å². The molecule has 0 atom stereocenters. The number of oxime groups is 1. The highest BCUT2D eigenvalue weighted by molar-refractivity contribution is 7.14. The topological polar surface area (TPSA) is 86.6 Å². The Balaban J connectivity index is 2.01. The smallest absolute Gasteiger partial charge is 0.325 e. The predicted octanol–water partition coefficient (Wildman–Crippen LogP) is 4.29. The van der Waals surface area contributed by atoms with E-state index < -0.39 is 6.03 Å². The van der Waals surface area contributed by atoms with Crippen LogP contribution in [0.4, 0.5) is 15.6 Å². The van der Waals surface area contributed by atoms with Gasteiger partial charge in [0.15, 0.2) is 5.13 Å². The number of urea groups is 1. The minimum Gasteiger partial charge on any atom is -0.411 e. The minimum atomic E-state index is -0.465. The summed E-state index contributed by atoms with van der Waals surface area (Å²) in [6, 6.07) is 4.29. The Morgan fingerprint density at radius 3 is 2.76 bits per heavy atom. The van der Waals surface area contributed by atoms with Crippen molar-refractivity contribution in [3.63, 3.8) is 0 Å². The fourth-order valence-electron chi connectivity index (χ4n) is 1.38. The molecule has 21 heavy (non-hydrogen) atoms. The van der Waals surface area contributed by atoms with Gasteiger partial charge >= 0.3 is 6.03 Å². The first-order valence-corrected chi connectivity index (χ1v) is 7.31. The molecule has 2 rings (SSSR count). The lowest BCUT2D eigenvalue weighted by atomic mass is 10.3. The van der Waals surface area contributed by atoms with Crippen LogP contribution in [0.25, 0.3) is 0 Å². The number of nitrogens with one attached hydrogen (secondary N) is 2. The molecule has 0 aliphatic heterocycles. The molecule has 9 heteroatoms. The van der Waals surface area contributed by atoms with Crippen molar-refractivity contribution >= 4 is 57.1 Å². The average Bonchev–Trinajstić information content (AvgIpc) is 2.90. The van der Waals surface area contributed by atoms with Gasteiger partial charge in [0.1, 0.15) is 11.4 Å². The van der Waals surface area contributed by atoms with Crippen LogP contribution < -0.4 is 10.6 Å². The predicted molar refractivity (Wildman–Crippen MR) is 85.2 cm³/mol. The van der Waals surface area contributed by atoms with Gasteiger partial charge < -0.3 is 10.5 Å². The Hall–Kier alpha value is -1.83. The van der Waals surface area contributed by atoms with Gasteiger partial charge in [-0.1, -0.05) is 28.4 Å². The number of halogens is 2. The molecular weight excluding hydrogens is 335 g/mol. The van der Waals surface area contributed by atoms with E-state index in [9.17, 15) is 4.79 Å². The SMILES string of the molecule is CC(=NO)c1csc(NC(=O)Nc2ccc(Cl)c(Cl)c2)n1. The molecule has 110 valence electrons. The van der Waals surface area contributed by atoms with E-state index >= 15 is 0 Å². The lowest BCUT2D eigenvalue weighted by Gasteiger charge is -2.06. The molecule has 6 nitrogen and oxygen atoms in total. The van der Waals surface area contributed by atoms with Crippen LogP contribution in [0.1, 0.15) is 12.6 Å². The number of carbonyl (C=O) groups is 1. The normalized spacial score (nSPS) is 11.3. The van der Waals surface area contributed by atoms with Crippen LogP contribution in [-0.2, 0) is 0 Å². The van der Waals surface area contributed by atoms with Gasteiger partial charge in [0.25, 0.3) is 0 Å². The maximum atomic E-state index is 11.8. The Morgan fingerprint density at radius 1 is 1.33 bits per heavy atom. The summed E-state index contributed by atoms with van der Waals surface area (Å²) in [5, 5.41) is 19.7. The molecule has 0 saturated heterocycles. The van der Waals surface area contributed by atoms with Crippen LogP contribution >= 0.6 is 34.5 Å². The van der Waals surface area contributed by atoms with Gasteiger partial charge in [0.05, 0.1) is 10.0 Å². The number of aromatic nitrogens is 1. The van der Waals surface area contributed by atoms with Gasteiger partial charge in [-0.3, -0.25) is 5.32 Å². The molecule has 0 saturated carbocycles. The summed E-state index contributed by atoms with van der Waals surface area (Å²) in [7, 11) is 0. The quantitative estimate of drug-likeness (QED) is 0.441. The number of hydrogen-bond donors (Lipinski definition) is 3. The summed E-state index contributed by atoms with van der Waals surface area (Å²) in [6.45, 7) is 1.61. The van der Waals surface area contributed by atoms with Crippen molar-refractivity contribution in [3.05, 3.63) is 39.3 Å². The molecule has 0 unspecified atom stereocenters. The molecule has 3 N–H and O–H groups in total. The number of benzene rings is 1. The van der Waals surface area contributed by atoms with E-state index in [2.05, 4.69) is 20.8 Å². The summed E-state index contributed by atoms with van der Waals surface area (Å²) in [4.78, 5) is 15.9. The van der Waals surface area contributed by atoms with E-state index in [1.54, 1.807) is 30.5 Å². The largest absolute Gasteiger partial charge is 0.411 e. The van der Waals surface area contributed by atoms with E-state index in [0.29, 0.717) is 32.3 Å². The van der Waals surface area contributed by atoms with Crippen molar-refractivity contribution in [1.29, 1.82) is 0 Å². The number of rotatable bonds is 3. The van der Waals surface area contributed by atoms with Crippen LogP contribution in [0, 0.1) is 0 Å². The first kappa shape index (κ1) is 15.6. The third-order valence-corrected chi connectivity index (χ3v) is 3.92. The maximum absolute atomic E-state index is 11.8. The zero-order valence-electron chi connectivity index (χ0n) is 10.7. The third-order valence-electron chi connectivity index (χ3n) is 2.42. The van der Waals surface area contributed by atoms with Gasteiger partial charge in [-0.25, -0.2) is 9.78 Å². The summed E-state index contributed by atoms with van der Waals surface area (Å²) >= 11 is 12.9. The van der Waals surface area contributed by atoms with Crippen LogP contribution in [0.3, 0.4) is 0 Å². The second-order valence-corrected chi connectivity index (χ2v) is 5.60. The Labute approximate surface area is 134 Å². The molecular formula is C12H10Cl2N4O2S. The van der Waals surface area contributed by atoms with Crippen LogP contribution in [0.2, 0.25) is 10.0 Å². The number of nitrogens with zero attached hydrogens (tertiary/aromatic N) is 2. The van der Waals surface area contributed by atoms with E-state index in [-0.39, 0.29) is 0 Å². The van der Waals surface area contributed by atoms with E-state index in [4.69, 9.17) is 28.4 Å². The third kappa shape index (κ3) is 4.07. The highest BCUT2D eigenvalue weighted by atomic mass is 35.5. The summed E-state index contributed by atoms with van der Waals surface area (Å²) in [5.74, 6) is 0. The molecule has 0 aliphatic carbocycles. The second kappa shape index (κ2) is 6.75. The Kier molecular flexibility index (Phi) is 5.00. The fraction of sp³-hybridized carbons (Fsp3) is 0.0833. The summed E-state index contributed by atoms with van der Waals surface area (Å²) < 4.78 is 0. The van der Waals surface area contributed by atoms with Gasteiger partial charge in [-0.15, -0.1) is 11.3 Å². The summed E-state index contributed by atoms with van der Waals surface area (Å²) in [5.41, 5.74) is 1.36. The van der Waals surface area contributed by atoms with E-state index in [1.165, 1.54) is 11.3 Å². The molecule has 2 amide bonds. The molecule has 1 heterocycles. The van der Waals surface area contributed by atoms with Crippen LogP contribution in [0.15, 0.2) is 28.7 Å². The van der Waals surface area contributed by atoms with Gasteiger partial charge in [0.2, 0.25) is 0 Å². The monoisotopic (exact) mass is 344 g/mol. The zero-order chi connectivity index (χ0) is 15.4. The average molecular weight is 345 g/mol. The van der Waals surface area contributed by atoms with Crippen molar-refractivity contribution in [2.75, 3.05) is 10.6 Å². The standard InChI is InChI=1S/C12H10Cl2N4O2S/c1-6(18-20)10-5-21-12(16-10)17-11(19)15-7-2-3-8(13)9(14)4-7/h2-5,20H,1H3,(H2,15,16,17,19). The zero-order valence-corrected chi connectivity index (χ0v) is 13.1. The van der Waals surface area contributed by atoms with Gasteiger partial charge in [-0.05, 0) is 25.1 Å². The highest BCUT2D eigenvalue weighted by Crippen LogP contribution is 2.25. The molecule has 0 fully saturated rings. The molecule has 0 spiro atoms. The van der Waals surface area contributed by atoms with Crippen molar-refractivity contribution < 1.29 is 10.0 Å². The van der Waals surface area contributed by atoms with Crippen molar-refractivity contribution in [1.82, 2.24) is 4.98 Å². The maximum Gasteiger partial charge on any atom is 0.325 e. The van der Waals surface area contributed by atoms with Gasteiger partial charge in [0, 0.05) is 11.1 Å². The number of carbonyl (C=O) groups excluding carboxylic acids is 1. The Bertz CT molecular complexity index is 702. The minimum absolute atomic E-state index is 0.348. The second-order valence-electron chi connectivity index (χ2n) is 3.93.